The molecule has 142 valence electrons. The molecule has 0 aliphatic rings. The van der Waals surface area contributed by atoms with Crippen LogP contribution in [0.4, 0.5) is 0 Å². The first-order chi connectivity index (χ1) is 13.0. The number of hydrogen-bond donors (Lipinski definition) is 2. The maximum Gasteiger partial charge on any atom is 1.00 e. The summed E-state index contributed by atoms with van der Waals surface area (Å²) in [5.41, 5.74) is 2.81. The van der Waals surface area contributed by atoms with Crippen molar-refractivity contribution in [2.75, 3.05) is 6.61 Å². The van der Waals surface area contributed by atoms with Crippen molar-refractivity contribution in [1.82, 2.24) is 0 Å². The minimum atomic E-state index is -0.427. The minimum Gasteiger partial charge on any atom is -1.00 e. The van der Waals surface area contributed by atoms with E-state index in [9.17, 15) is 10.2 Å². The maximum atomic E-state index is 9.69. The van der Waals surface area contributed by atoms with E-state index in [0.717, 1.165) is 41.9 Å². The number of ether oxygens (including phenoxy) is 1. The first-order valence-electron chi connectivity index (χ1n) is 9.36. The quantitative estimate of drug-likeness (QED) is 0.373. The summed E-state index contributed by atoms with van der Waals surface area (Å²) in [6, 6.07) is 22.7. The van der Waals surface area contributed by atoms with Crippen LogP contribution in [0.25, 0.3) is 0 Å². The van der Waals surface area contributed by atoms with Crippen molar-refractivity contribution in [3.63, 3.8) is 0 Å². The standard InChI is InChI=1S/C24H26O3.Na.H/c1-3-4-17-27-23-15-9-20(10-16-23)24(2,18-5-11-21(25)12-6-18)19-7-13-22(26)14-8-19;;/h5-16,25-26H,3-4,17H2,1-2H3;;/q;+1;-1. The van der Waals surface area contributed by atoms with E-state index in [1.165, 1.54) is 0 Å². The molecule has 3 nitrogen and oxygen atoms in total. The summed E-state index contributed by atoms with van der Waals surface area (Å²) in [4.78, 5) is 0. The number of unbranched alkanes of at least 4 members (excludes halogenated alkanes) is 1. The SMILES string of the molecule is CCCCOc1ccc(C(C)(c2ccc(O)cc2)c2ccc(O)cc2)cc1.[H-].[Na+]. The van der Waals surface area contributed by atoms with E-state index in [1.807, 2.05) is 36.4 Å². The summed E-state index contributed by atoms with van der Waals surface area (Å²) in [6.45, 7) is 5.02. The molecule has 0 heterocycles. The number of hydrogen-bond acceptors (Lipinski definition) is 3. The largest absolute Gasteiger partial charge is 1.00 e. The molecule has 0 aromatic heterocycles. The molecule has 0 aliphatic carbocycles. The first-order valence-corrected chi connectivity index (χ1v) is 9.36. The van der Waals surface area contributed by atoms with E-state index < -0.39 is 5.41 Å². The number of benzene rings is 3. The molecule has 0 unspecified atom stereocenters. The summed E-state index contributed by atoms with van der Waals surface area (Å²) in [7, 11) is 0. The molecule has 3 aromatic rings. The van der Waals surface area contributed by atoms with Gasteiger partial charge in [-0.05, 0) is 66.4 Å². The average molecular weight is 386 g/mol. The van der Waals surface area contributed by atoms with Crippen LogP contribution >= 0.6 is 0 Å². The first kappa shape index (κ1) is 22.4. The zero-order chi connectivity index (χ0) is 19.3. The van der Waals surface area contributed by atoms with Gasteiger partial charge in [0.25, 0.3) is 0 Å². The van der Waals surface area contributed by atoms with Crippen LogP contribution < -0.4 is 34.3 Å². The van der Waals surface area contributed by atoms with Crippen LogP contribution in [0.15, 0.2) is 72.8 Å². The van der Waals surface area contributed by atoms with Crippen molar-refractivity contribution < 1.29 is 45.9 Å². The van der Waals surface area contributed by atoms with Crippen LogP contribution in [0.2, 0.25) is 0 Å². The second-order valence-electron chi connectivity index (χ2n) is 6.95. The van der Waals surface area contributed by atoms with Gasteiger partial charge in [0.15, 0.2) is 0 Å². The molecule has 0 spiro atoms. The number of phenolic OH excluding ortho intramolecular Hbond substituents is 2. The second-order valence-corrected chi connectivity index (χ2v) is 6.95. The van der Waals surface area contributed by atoms with Gasteiger partial charge in [-0.2, -0.15) is 0 Å². The van der Waals surface area contributed by atoms with Gasteiger partial charge < -0.3 is 16.4 Å². The fourth-order valence-corrected chi connectivity index (χ4v) is 3.31. The normalized spacial score (nSPS) is 10.9. The molecule has 0 radical (unpaired) electrons. The van der Waals surface area contributed by atoms with E-state index in [-0.39, 0.29) is 42.5 Å². The van der Waals surface area contributed by atoms with E-state index >= 15 is 0 Å². The number of phenols is 2. The molecule has 0 saturated heterocycles. The molecule has 0 saturated carbocycles. The van der Waals surface area contributed by atoms with Gasteiger partial charge in [0.05, 0.1) is 6.61 Å². The van der Waals surface area contributed by atoms with Crippen LogP contribution in [0.1, 0.15) is 44.8 Å². The Bertz CT molecular complexity index is 817. The molecule has 3 aromatic carbocycles. The molecule has 4 heteroatoms. The third-order valence-electron chi connectivity index (χ3n) is 5.09. The smallest absolute Gasteiger partial charge is 1.00 e. The molecule has 0 aliphatic heterocycles. The molecular weight excluding hydrogens is 359 g/mol. The second kappa shape index (κ2) is 10.0. The third kappa shape index (κ3) is 4.91. The van der Waals surface area contributed by atoms with E-state index in [1.54, 1.807) is 24.3 Å². The van der Waals surface area contributed by atoms with Crippen molar-refractivity contribution in [1.29, 1.82) is 0 Å². The molecular formula is C24H27NaO3. The Balaban J connectivity index is 0.00000210. The van der Waals surface area contributed by atoms with Crippen LogP contribution in [0, 0.1) is 0 Å². The monoisotopic (exact) mass is 386 g/mol. The van der Waals surface area contributed by atoms with E-state index in [2.05, 4.69) is 26.0 Å². The Labute approximate surface area is 190 Å². The Kier molecular flexibility index (Phi) is 7.99. The van der Waals surface area contributed by atoms with Gasteiger partial charge in [-0.25, -0.2) is 0 Å². The van der Waals surface area contributed by atoms with E-state index in [0.29, 0.717) is 0 Å². The van der Waals surface area contributed by atoms with E-state index in [4.69, 9.17) is 4.74 Å². The Hall–Kier alpha value is -1.94. The van der Waals surface area contributed by atoms with Crippen molar-refractivity contribution in [3.8, 4) is 17.2 Å². The Morgan fingerprint density at radius 1 is 0.750 bits per heavy atom. The molecule has 28 heavy (non-hydrogen) atoms. The number of rotatable bonds is 7. The van der Waals surface area contributed by atoms with Gasteiger partial charge in [0, 0.05) is 5.41 Å². The van der Waals surface area contributed by atoms with Gasteiger partial charge in [-0.15, -0.1) is 0 Å². The predicted molar refractivity (Wildman–Crippen MR) is 110 cm³/mol. The zero-order valence-electron chi connectivity index (χ0n) is 17.9. The van der Waals surface area contributed by atoms with Crippen molar-refractivity contribution in [2.24, 2.45) is 0 Å². The third-order valence-corrected chi connectivity index (χ3v) is 5.09. The van der Waals surface area contributed by atoms with Crippen molar-refractivity contribution in [3.05, 3.63) is 89.5 Å². The Morgan fingerprint density at radius 3 is 1.54 bits per heavy atom. The summed E-state index contributed by atoms with van der Waals surface area (Å²) < 4.78 is 5.79. The topological polar surface area (TPSA) is 49.7 Å². The molecule has 0 bridgehead atoms. The molecule has 2 N–H and O–H groups in total. The zero-order valence-corrected chi connectivity index (χ0v) is 18.9. The van der Waals surface area contributed by atoms with Gasteiger partial charge in [-0.1, -0.05) is 49.7 Å². The summed E-state index contributed by atoms with van der Waals surface area (Å²) in [6.07, 6.45) is 2.15. The summed E-state index contributed by atoms with van der Waals surface area (Å²) >= 11 is 0. The summed E-state index contributed by atoms with van der Waals surface area (Å²) in [5.74, 6) is 1.35. The number of aromatic hydroxyl groups is 2. The summed E-state index contributed by atoms with van der Waals surface area (Å²) in [5, 5.41) is 19.4. The molecule has 0 fully saturated rings. The van der Waals surface area contributed by atoms with Gasteiger partial charge in [-0.3, -0.25) is 0 Å². The predicted octanol–water partition coefficient (Wildman–Crippen LogP) is 2.75. The minimum absolute atomic E-state index is 0. The molecule has 3 rings (SSSR count). The van der Waals surface area contributed by atoms with Gasteiger partial charge in [0.2, 0.25) is 0 Å². The molecule has 0 atom stereocenters. The van der Waals surface area contributed by atoms with Crippen molar-refractivity contribution in [2.45, 2.75) is 32.1 Å². The van der Waals surface area contributed by atoms with Crippen LogP contribution in [-0.2, 0) is 5.41 Å². The van der Waals surface area contributed by atoms with Crippen molar-refractivity contribution >= 4 is 0 Å². The average Bonchev–Trinajstić information content (AvgIpc) is 2.69. The van der Waals surface area contributed by atoms with Gasteiger partial charge in [0.1, 0.15) is 17.2 Å². The fourth-order valence-electron chi connectivity index (χ4n) is 3.31. The van der Waals surface area contributed by atoms with Crippen LogP contribution in [-0.4, -0.2) is 16.8 Å². The fraction of sp³-hybridized carbons (Fsp3) is 0.250. The van der Waals surface area contributed by atoms with Crippen LogP contribution in [0.3, 0.4) is 0 Å². The molecule has 0 amide bonds. The maximum absolute atomic E-state index is 9.69. The Morgan fingerprint density at radius 2 is 1.14 bits per heavy atom. The van der Waals surface area contributed by atoms with Gasteiger partial charge >= 0.3 is 29.6 Å². The van der Waals surface area contributed by atoms with Crippen LogP contribution in [0.5, 0.6) is 17.2 Å².